The minimum absolute atomic E-state index is 0.434. The summed E-state index contributed by atoms with van der Waals surface area (Å²) in [5.41, 5.74) is 7.60. The van der Waals surface area contributed by atoms with Gasteiger partial charge in [-0.2, -0.15) is 0 Å². The number of nitrogens with zero attached hydrogens (tertiary/aromatic N) is 1. The number of anilines is 1. The molecule has 1 aromatic heterocycles. The van der Waals surface area contributed by atoms with Gasteiger partial charge in [0.2, 0.25) is 0 Å². The van der Waals surface area contributed by atoms with Gasteiger partial charge in [0.25, 0.3) is 0 Å². The van der Waals surface area contributed by atoms with Crippen molar-refractivity contribution in [2.24, 2.45) is 5.92 Å². The Morgan fingerprint density at radius 3 is 2.93 bits per heavy atom. The Bertz CT molecular complexity index is 314. The van der Waals surface area contributed by atoms with E-state index in [9.17, 15) is 5.11 Å². The van der Waals surface area contributed by atoms with Crippen LogP contribution < -0.4 is 5.73 Å². The van der Waals surface area contributed by atoms with E-state index in [4.69, 9.17) is 5.73 Å². The van der Waals surface area contributed by atoms with Crippen LogP contribution in [0.3, 0.4) is 0 Å². The second-order valence-electron chi connectivity index (χ2n) is 4.12. The molecule has 1 atom stereocenters. The summed E-state index contributed by atoms with van der Waals surface area (Å²) in [6.45, 7) is 1.96. The quantitative estimate of drug-likeness (QED) is 0.767. The van der Waals surface area contributed by atoms with Crippen molar-refractivity contribution >= 4 is 5.82 Å². The lowest BCUT2D eigenvalue weighted by Gasteiger charge is -2.14. The van der Waals surface area contributed by atoms with E-state index in [-0.39, 0.29) is 0 Å². The molecular formula is C11H16N2O. The molecule has 3 heteroatoms. The normalized spacial score (nSPS) is 18.1. The Hall–Kier alpha value is -1.09. The lowest BCUT2D eigenvalue weighted by atomic mass is 10.0. The van der Waals surface area contributed by atoms with Crippen LogP contribution in [0.2, 0.25) is 0 Å². The van der Waals surface area contributed by atoms with Gasteiger partial charge >= 0.3 is 0 Å². The third-order valence-electron chi connectivity index (χ3n) is 2.83. The predicted molar refractivity (Wildman–Crippen MR) is 55.7 cm³/mol. The maximum atomic E-state index is 9.97. The lowest BCUT2D eigenvalue weighted by molar-refractivity contribution is 0.160. The van der Waals surface area contributed by atoms with E-state index in [0.29, 0.717) is 11.7 Å². The van der Waals surface area contributed by atoms with Crippen LogP contribution in [0.4, 0.5) is 5.82 Å². The Balaban J connectivity index is 2.19. The summed E-state index contributed by atoms with van der Waals surface area (Å²) in [4.78, 5) is 4.01. The van der Waals surface area contributed by atoms with Crippen LogP contribution >= 0.6 is 0 Å². The average Bonchev–Trinajstić information content (AvgIpc) is 2.87. The molecule has 0 spiro atoms. The minimum atomic E-state index is -0.434. The maximum absolute atomic E-state index is 9.97. The van der Waals surface area contributed by atoms with E-state index >= 15 is 0 Å². The highest BCUT2D eigenvalue weighted by Crippen LogP contribution is 2.39. The van der Waals surface area contributed by atoms with Gasteiger partial charge in [-0.05, 0) is 30.9 Å². The average molecular weight is 192 g/mol. The first-order valence-corrected chi connectivity index (χ1v) is 5.07. The second-order valence-corrected chi connectivity index (χ2v) is 4.12. The molecule has 0 saturated heterocycles. The second kappa shape index (κ2) is 3.58. The standard InChI is InChI=1S/C11H16N2O/c1-7-4-5-13-11(12)10(7)9(14)6-8-2-3-8/h4-5,8-9,14H,2-3,6H2,1H3,(H2,12,13). The number of nitrogen functional groups attached to an aromatic ring is 1. The number of aliphatic hydroxyl groups excluding tert-OH is 1. The van der Waals surface area contributed by atoms with E-state index < -0.39 is 6.10 Å². The number of aromatic nitrogens is 1. The summed E-state index contributed by atoms with van der Waals surface area (Å²) < 4.78 is 0. The molecule has 0 aromatic carbocycles. The van der Waals surface area contributed by atoms with Gasteiger partial charge in [-0.1, -0.05) is 12.8 Å². The number of aliphatic hydroxyl groups is 1. The third kappa shape index (κ3) is 1.87. The number of hydrogen-bond donors (Lipinski definition) is 2. The van der Waals surface area contributed by atoms with Gasteiger partial charge < -0.3 is 10.8 Å². The summed E-state index contributed by atoms with van der Waals surface area (Å²) in [6, 6.07) is 1.89. The van der Waals surface area contributed by atoms with Gasteiger partial charge in [0.05, 0.1) is 6.10 Å². The highest BCUT2D eigenvalue weighted by Gasteiger charge is 2.26. The Morgan fingerprint density at radius 1 is 1.64 bits per heavy atom. The fourth-order valence-corrected chi connectivity index (χ4v) is 1.81. The number of aryl methyl sites for hydroxylation is 1. The molecule has 1 fully saturated rings. The number of hydrogen-bond acceptors (Lipinski definition) is 3. The fraction of sp³-hybridized carbons (Fsp3) is 0.545. The molecule has 14 heavy (non-hydrogen) atoms. The van der Waals surface area contributed by atoms with Crippen LogP contribution in [0.25, 0.3) is 0 Å². The largest absolute Gasteiger partial charge is 0.388 e. The first kappa shape index (κ1) is 9.46. The van der Waals surface area contributed by atoms with Crippen LogP contribution in [0.15, 0.2) is 12.3 Å². The van der Waals surface area contributed by atoms with Crippen LogP contribution in [-0.2, 0) is 0 Å². The van der Waals surface area contributed by atoms with E-state index in [0.717, 1.165) is 17.5 Å². The highest BCUT2D eigenvalue weighted by molar-refractivity contribution is 5.45. The number of rotatable bonds is 3. The summed E-state index contributed by atoms with van der Waals surface area (Å²) in [5.74, 6) is 1.17. The zero-order valence-corrected chi connectivity index (χ0v) is 8.40. The van der Waals surface area contributed by atoms with Crippen molar-refractivity contribution in [3.63, 3.8) is 0 Å². The summed E-state index contributed by atoms with van der Waals surface area (Å²) in [7, 11) is 0. The molecule has 0 radical (unpaired) electrons. The molecular weight excluding hydrogens is 176 g/mol. The smallest absolute Gasteiger partial charge is 0.129 e. The molecule has 1 unspecified atom stereocenters. The van der Waals surface area contributed by atoms with Gasteiger partial charge in [0, 0.05) is 11.8 Å². The molecule has 76 valence electrons. The van der Waals surface area contributed by atoms with E-state index in [1.54, 1.807) is 6.20 Å². The van der Waals surface area contributed by atoms with Crippen LogP contribution in [0.5, 0.6) is 0 Å². The summed E-state index contributed by atoms with van der Waals surface area (Å²) in [6.07, 6.45) is 4.57. The molecule has 1 aromatic rings. The minimum Gasteiger partial charge on any atom is -0.388 e. The summed E-state index contributed by atoms with van der Waals surface area (Å²) in [5, 5.41) is 9.97. The third-order valence-corrected chi connectivity index (χ3v) is 2.83. The molecule has 2 rings (SSSR count). The van der Waals surface area contributed by atoms with Crippen molar-refractivity contribution in [2.75, 3.05) is 5.73 Å². The first-order chi connectivity index (χ1) is 6.68. The van der Waals surface area contributed by atoms with Crippen LogP contribution in [0, 0.1) is 12.8 Å². The Morgan fingerprint density at radius 2 is 2.36 bits per heavy atom. The molecule has 3 N–H and O–H groups in total. The van der Waals surface area contributed by atoms with Gasteiger partial charge in [0.1, 0.15) is 5.82 Å². The van der Waals surface area contributed by atoms with Gasteiger partial charge in [-0.15, -0.1) is 0 Å². The van der Waals surface area contributed by atoms with Crippen molar-refractivity contribution in [3.05, 3.63) is 23.4 Å². The van der Waals surface area contributed by atoms with Gasteiger partial charge in [-0.3, -0.25) is 0 Å². The molecule has 1 heterocycles. The maximum Gasteiger partial charge on any atom is 0.129 e. The lowest BCUT2D eigenvalue weighted by Crippen LogP contribution is -2.07. The zero-order valence-electron chi connectivity index (χ0n) is 8.40. The van der Waals surface area contributed by atoms with E-state index in [2.05, 4.69) is 4.98 Å². The van der Waals surface area contributed by atoms with E-state index in [1.807, 2.05) is 13.0 Å². The molecule has 1 saturated carbocycles. The van der Waals surface area contributed by atoms with Gasteiger partial charge in [-0.25, -0.2) is 4.98 Å². The van der Waals surface area contributed by atoms with Crippen molar-refractivity contribution in [3.8, 4) is 0 Å². The highest BCUT2D eigenvalue weighted by atomic mass is 16.3. The number of nitrogens with two attached hydrogens (primary N) is 1. The van der Waals surface area contributed by atoms with Crippen molar-refractivity contribution < 1.29 is 5.11 Å². The molecule has 3 nitrogen and oxygen atoms in total. The fourth-order valence-electron chi connectivity index (χ4n) is 1.81. The van der Waals surface area contributed by atoms with Crippen LogP contribution in [0.1, 0.15) is 36.5 Å². The van der Waals surface area contributed by atoms with E-state index in [1.165, 1.54) is 12.8 Å². The topological polar surface area (TPSA) is 59.1 Å². The molecule has 1 aliphatic carbocycles. The van der Waals surface area contributed by atoms with Gasteiger partial charge in [0.15, 0.2) is 0 Å². The van der Waals surface area contributed by atoms with Crippen molar-refractivity contribution in [1.82, 2.24) is 4.98 Å². The van der Waals surface area contributed by atoms with Crippen LogP contribution in [-0.4, -0.2) is 10.1 Å². The first-order valence-electron chi connectivity index (χ1n) is 5.07. The van der Waals surface area contributed by atoms with Crippen molar-refractivity contribution in [1.29, 1.82) is 0 Å². The SMILES string of the molecule is Cc1ccnc(N)c1C(O)CC1CC1. The number of pyridine rings is 1. The summed E-state index contributed by atoms with van der Waals surface area (Å²) >= 11 is 0. The monoisotopic (exact) mass is 192 g/mol. The Kier molecular flexibility index (Phi) is 2.42. The molecule has 0 bridgehead atoms. The molecule has 1 aliphatic rings. The van der Waals surface area contributed by atoms with Crippen molar-refractivity contribution in [2.45, 2.75) is 32.3 Å². The molecule has 0 aliphatic heterocycles. The molecule has 0 amide bonds. The Labute approximate surface area is 84.0 Å². The zero-order chi connectivity index (χ0) is 10.1. The predicted octanol–water partition coefficient (Wildman–Crippen LogP) is 1.81.